The summed E-state index contributed by atoms with van der Waals surface area (Å²) in [5.41, 5.74) is 3.48. The van der Waals surface area contributed by atoms with Crippen molar-refractivity contribution in [3.63, 3.8) is 0 Å². The second kappa shape index (κ2) is 10.3. The summed E-state index contributed by atoms with van der Waals surface area (Å²) in [5, 5.41) is 6.43. The van der Waals surface area contributed by atoms with Gasteiger partial charge in [-0.05, 0) is 72.9 Å². The van der Waals surface area contributed by atoms with Crippen molar-refractivity contribution in [2.24, 2.45) is 11.8 Å². The van der Waals surface area contributed by atoms with Crippen molar-refractivity contribution in [3.05, 3.63) is 59.7 Å². The Morgan fingerprint density at radius 1 is 0.594 bits per heavy atom. The molecule has 2 aliphatic carbocycles. The van der Waals surface area contributed by atoms with E-state index in [4.69, 9.17) is 0 Å². The van der Waals surface area contributed by atoms with Gasteiger partial charge in [-0.1, -0.05) is 63.8 Å². The first-order valence-corrected chi connectivity index (χ1v) is 12.3. The average Bonchev–Trinajstić information content (AvgIpc) is 2.82. The normalized spacial score (nSPS) is 25.7. The number of carbonyl (C=O) groups excluding carboxylic acids is 2. The van der Waals surface area contributed by atoms with Crippen molar-refractivity contribution in [3.8, 4) is 11.1 Å². The fourth-order valence-corrected chi connectivity index (χ4v) is 5.19. The van der Waals surface area contributed by atoms with E-state index in [0.29, 0.717) is 23.0 Å². The molecule has 170 valence electrons. The Morgan fingerprint density at radius 3 is 1.28 bits per heavy atom. The monoisotopic (exact) mass is 432 g/mol. The van der Waals surface area contributed by atoms with Crippen LogP contribution in [-0.2, 0) is 0 Å². The molecular weight excluding hydrogens is 396 g/mol. The molecule has 0 heterocycles. The predicted octanol–water partition coefficient (Wildman–Crippen LogP) is 5.97. The van der Waals surface area contributed by atoms with Gasteiger partial charge in [0.25, 0.3) is 11.8 Å². The van der Waals surface area contributed by atoms with Crippen LogP contribution in [0.4, 0.5) is 0 Å². The van der Waals surface area contributed by atoms with E-state index in [-0.39, 0.29) is 23.9 Å². The Bertz CT molecular complexity index is 842. The van der Waals surface area contributed by atoms with Gasteiger partial charge in [0.2, 0.25) is 0 Å². The summed E-state index contributed by atoms with van der Waals surface area (Å²) in [4.78, 5) is 25.3. The second-order valence-corrected chi connectivity index (χ2v) is 9.84. The maximum absolute atomic E-state index is 12.7. The molecule has 2 aromatic carbocycles. The van der Waals surface area contributed by atoms with E-state index >= 15 is 0 Å². The van der Waals surface area contributed by atoms with Crippen molar-refractivity contribution in [1.29, 1.82) is 0 Å². The van der Waals surface area contributed by atoms with Gasteiger partial charge in [-0.25, -0.2) is 0 Å². The molecule has 4 rings (SSSR count). The largest absolute Gasteiger partial charge is 0.349 e. The van der Waals surface area contributed by atoms with Crippen LogP contribution in [0.15, 0.2) is 48.5 Å². The lowest BCUT2D eigenvalue weighted by molar-refractivity contribution is 0.0902. The van der Waals surface area contributed by atoms with Crippen LogP contribution in [0.2, 0.25) is 0 Å². The van der Waals surface area contributed by atoms with Gasteiger partial charge < -0.3 is 10.6 Å². The molecule has 4 nitrogen and oxygen atoms in total. The zero-order valence-corrected chi connectivity index (χ0v) is 19.4. The number of hydrogen-bond donors (Lipinski definition) is 2. The van der Waals surface area contributed by atoms with Crippen molar-refractivity contribution < 1.29 is 9.59 Å². The highest BCUT2D eigenvalue weighted by Gasteiger charge is 2.24. The van der Waals surface area contributed by atoms with Gasteiger partial charge in [0.1, 0.15) is 0 Å². The molecule has 0 spiro atoms. The first-order chi connectivity index (χ1) is 15.5. The molecule has 2 aliphatic rings. The highest BCUT2D eigenvalue weighted by atomic mass is 16.2. The predicted molar refractivity (Wildman–Crippen MR) is 130 cm³/mol. The lowest BCUT2D eigenvalue weighted by Gasteiger charge is -2.29. The molecule has 4 atom stereocenters. The molecule has 0 bridgehead atoms. The van der Waals surface area contributed by atoms with E-state index in [0.717, 1.165) is 24.0 Å². The van der Waals surface area contributed by atoms with E-state index in [1.165, 1.54) is 38.5 Å². The van der Waals surface area contributed by atoms with E-state index in [2.05, 4.69) is 24.5 Å². The van der Waals surface area contributed by atoms with Crippen LogP contribution < -0.4 is 10.6 Å². The van der Waals surface area contributed by atoms with Gasteiger partial charge in [0.05, 0.1) is 0 Å². The van der Waals surface area contributed by atoms with Crippen molar-refractivity contribution >= 4 is 11.8 Å². The fourth-order valence-electron chi connectivity index (χ4n) is 5.19. The van der Waals surface area contributed by atoms with E-state index in [1.54, 1.807) is 0 Å². The minimum atomic E-state index is 0.0132. The lowest BCUT2D eigenvalue weighted by Crippen LogP contribution is -2.41. The van der Waals surface area contributed by atoms with Crippen LogP contribution in [-0.4, -0.2) is 23.9 Å². The third-order valence-electron chi connectivity index (χ3n) is 7.48. The van der Waals surface area contributed by atoms with E-state index < -0.39 is 0 Å². The molecule has 0 saturated heterocycles. The summed E-state index contributed by atoms with van der Waals surface area (Å²) in [6.07, 6.45) is 9.46. The maximum atomic E-state index is 12.7. The minimum absolute atomic E-state index is 0.0132. The second-order valence-electron chi connectivity index (χ2n) is 9.84. The lowest BCUT2D eigenvalue weighted by atomic mass is 9.86. The molecule has 2 amide bonds. The number of hydrogen-bond acceptors (Lipinski definition) is 2. The number of carbonyl (C=O) groups is 2. The first-order valence-electron chi connectivity index (χ1n) is 12.3. The summed E-state index contributed by atoms with van der Waals surface area (Å²) in [5.74, 6) is 1.12. The van der Waals surface area contributed by atoms with Crippen LogP contribution in [0.1, 0.15) is 85.9 Å². The standard InChI is InChI=1S/C28H36N2O2/c1-19-7-3-5-9-25(19)29-27(31)23-15-11-21(12-16-23)22-13-17-24(18-14-22)28(32)30-26-10-6-4-8-20(26)2/h11-20,25-26H,3-10H2,1-2H3,(H,29,31)(H,30,32). The van der Waals surface area contributed by atoms with Crippen LogP contribution in [0.5, 0.6) is 0 Å². The quantitative estimate of drug-likeness (QED) is 0.611. The molecular formula is C28H36N2O2. The molecule has 0 aromatic heterocycles. The summed E-state index contributed by atoms with van der Waals surface area (Å²) in [7, 11) is 0. The topological polar surface area (TPSA) is 58.2 Å². The summed E-state index contributed by atoms with van der Waals surface area (Å²) < 4.78 is 0. The third kappa shape index (κ3) is 5.40. The SMILES string of the molecule is CC1CCCCC1NC(=O)c1ccc(-c2ccc(C(=O)NC3CCCCC3C)cc2)cc1. The Hall–Kier alpha value is -2.62. The van der Waals surface area contributed by atoms with E-state index in [1.807, 2.05) is 48.5 Å². The third-order valence-corrected chi connectivity index (χ3v) is 7.48. The highest BCUT2D eigenvalue weighted by molar-refractivity contribution is 5.96. The molecule has 2 aromatic rings. The number of rotatable bonds is 5. The first kappa shape index (κ1) is 22.6. The van der Waals surface area contributed by atoms with Gasteiger partial charge in [-0.3, -0.25) is 9.59 Å². The molecule has 2 fully saturated rings. The Labute approximate surface area is 192 Å². The van der Waals surface area contributed by atoms with Crippen LogP contribution in [0.25, 0.3) is 11.1 Å². The van der Waals surface area contributed by atoms with Gasteiger partial charge in [0, 0.05) is 23.2 Å². The molecule has 2 N–H and O–H groups in total. The number of nitrogens with one attached hydrogen (secondary N) is 2. The van der Waals surface area contributed by atoms with Crippen molar-refractivity contribution in [2.45, 2.75) is 77.3 Å². The van der Waals surface area contributed by atoms with Gasteiger partial charge >= 0.3 is 0 Å². The molecule has 0 aliphatic heterocycles. The van der Waals surface area contributed by atoms with E-state index in [9.17, 15) is 9.59 Å². The smallest absolute Gasteiger partial charge is 0.251 e. The minimum Gasteiger partial charge on any atom is -0.349 e. The van der Waals surface area contributed by atoms with Crippen molar-refractivity contribution in [2.75, 3.05) is 0 Å². The Morgan fingerprint density at radius 2 is 0.938 bits per heavy atom. The molecule has 32 heavy (non-hydrogen) atoms. The fraction of sp³-hybridized carbons (Fsp3) is 0.500. The highest BCUT2D eigenvalue weighted by Crippen LogP contribution is 2.26. The summed E-state index contributed by atoms with van der Waals surface area (Å²) in [6.45, 7) is 4.46. The summed E-state index contributed by atoms with van der Waals surface area (Å²) in [6, 6.07) is 16.1. The zero-order chi connectivity index (χ0) is 22.5. The van der Waals surface area contributed by atoms with Gasteiger partial charge in [-0.15, -0.1) is 0 Å². The van der Waals surface area contributed by atoms with Gasteiger partial charge in [-0.2, -0.15) is 0 Å². The van der Waals surface area contributed by atoms with Crippen LogP contribution >= 0.6 is 0 Å². The molecule has 4 unspecified atom stereocenters. The summed E-state index contributed by atoms with van der Waals surface area (Å²) >= 11 is 0. The van der Waals surface area contributed by atoms with Crippen molar-refractivity contribution in [1.82, 2.24) is 10.6 Å². The van der Waals surface area contributed by atoms with Crippen LogP contribution in [0.3, 0.4) is 0 Å². The molecule has 2 saturated carbocycles. The van der Waals surface area contributed by atoms with Gasteiger partial charge in [0.15, 0.2) is 0 Å². The molecule has 0 radical (unpaired) electrons. The molecule has 4 heteroatoms. The Kier molecular flexibility index (Phi) is 7.29. The van der Waals surface area contributed by atoms with Crippen LogP contribution in [0, 0.1) is 11.8 Å². The Balaban J connectivity index is 1.36. The average molecular weight is 433 g/mol. The number of benzene rings is 2. The number of amides is 2. The maximum Gasteiger partial charge on any atom is 0.251 e. The zero-order valence-electron chi connectivity index (χ0n) is 19.4.